The van der Waals surface area contributed by atoms with Crippen molar-refractivity contribution in [3.8, 4) is 0 Å². The molecule has 0 saturated heterocycles. The molecule has 2 atom stereocenters. The summed E-state index contributed by atoms with van der Waals surface area (Å²) in [6, 6.07) is 9.55. The fourth-order valence-corrected chi connectivity index (χ4v) is 2.97. The first-order valence-electron chi connectivity index (χ1n) is 7.41. The fourth-order valence-electron chi connectivity index (χ4n) is 2.97. The van der Waals surface area contributed by atoms with E-state index in [1.54, 1.807) is 5.56 Å². The highest BCUT2D eigenvalue weighted by molar-refractivity contribution is 5.34. The Bertz CT molecular complexity index is 379. The van der Waals surface area contributed by atoms with Crippen molar-refractivity contribution in [3.05, 3.63) is 35.4 Å². The lowest BCUT2D eigenvalue weighted by molar-refractivity contribution is 0.311. The molecule has 1 aliphatic rings. The summed E-state index contributed by atoms with van der Waals surface area (Å²) in [5.41, 5.74) is 3.13. The largest absolute Gasteiger partial charge is 0.313 e. The molecule has 1 aromatic rings. The Morgan fingerprint density at radius 1 is 1.11 bits per heavy atom. The van der Waals surface area contributed by atoms with Crippen LogP contribution in [0.5, 0.6) is 0 Å². The Labute approximate surface area is 112 Å². The molecular weight excluding hydrogens is 218 g/mol. The second-order valence-electron chi connectivity index (χ2n) is 6.13. The van der Waals surface area contributed by atoms with Crippen LogP contribution in [-0.4, -0.2) is 7.05 Å². The molecule has 1 fully saturated rings. The van der Waals surface area contributed by atoms with Crippen LogP contribution in [0.3, 0.4) is 0 Å². The second-order valence-corrected chi connectivity index (χ2v) is 6.13. The van der Waals surface area contributed by atoms with Gasteiger partial charge >= 0.3 is 0 Å². The predicted octanol–water partition coefficient (Wildman–Crippen LogP) is 4.51. The van der Waals surface area contributed by atoms with Gasteiger partial charge in [-0.05, 0) is 48.8 Å². The van der Waals surface area contributed by atoms with E-state index < -0.39 is 0 Å². The van der Waals surface area contributed by atoms with E-state index in [1.165, 1.54) is 24.8 Å². The Balaban J connectivity index is 2.29. The van der Waals surface area contributed by atoms with Crippen LogP contribution in [0.1, 0.15) is 63.1 Å². The lowest BCUT2D eigenvalue weighted by Crippen LogP contribution is -2.28. The molecule has 1 saturated carbocycles. The maximum atomic E-state index is 3.54. The van der Waals surface area contributed by atoms with Gasteiger partial charge in [-0.1, -0.05) is 51.5 Å². The van der Waals surface area contributed by atoms with Crippen LogP contribution in [0.2, 0.25) is 0 Å². The minimum Gasteiger partial charge on any atom is -0.313 e. The number of hydrogen-bond donors (Lipinski definition) is 1. The third-order valence-corrected chi connectivity index (χ3v) is 4.76. The molecule has 0 bridgehead atoms. The average Bonchev–Trinajstić information content (AvgIpc) is 2.29. The molecule has 0 spiro atoms. The maximum absolute atomic E-state index is 3.54. The Morgan fingerprint density at radius 2 is 1.78 bits per heavy atom. The van der Waals surface area contributed by atoms with Crippen LogP contribution in [-0.2, 0) is 0 Å². The summed E-state index contributed by atoms with van der Waals surface area (Å²) in [6.07, 6.45) is 4.16. The van der Waals surface area contributed by atoms with Crippen LogP contribution in [0, 0.1) is 11.8 Å². The van der Waals surface area contributed by atoms with Gasteiger partial charge in [-0.25, -0.2) is 0 Å². The Hall–Kier alpha value is -0.820. The molecule has 1 nitrogen and oxygen atoms in total. The summed E-state index contributed by atoms with van der Waals surface area (Å²) in [5, 5.41) is 3.54. The Morgan fingerprint density at radius 3 is 2.28 bits per heavy atom. The van der Waals surface area contributed by atoms with Crippen LogP contribution >= 0.6 is 0 Å². The summed E-state index contributed by atoms with van der Waals surface area (Å²) in [7, 11) is 2.10. The molecule has 2 rings (SSSR count). The third kappa shape index (κ3) is 2.61. The van der Waals surface area contributed by atoms with Gasteiger partial charge in [0.2, 0.25) is 0 Å². The van der Waals surface area contributed by atoms with Crippen LogP contribution < -0.4 is 5.32 Å². The molecule has 2 unspecified atom stereocenters. The first-order chi connectivity index (χ1) is 8.65. The summed E-state index contributed by atoms with van der Waals surface area (Å²) in [5.74, 6) is 2.18. The van der Waals surface area contributed by atoms with Crippen molar-refractivity contribution >= 4 is 0 Å². The molecule has 18 heavy (non-hydrogen) atoms. The van der Waals surface area contributed by atoms with Crippen LogP contribution in [0.15, 0.2) is 24.3 Å². The van der Waals surface area contributed by atoms with Gasteiger partial charge in [0.15, 0.2) is 0 Å². The number of rotatable bonds is 5. The average molecular weight is 245 g/mol. The Kier molecular flexibility index (Phi) is 4.45. The molecule has 0 amide bonds. The first kappa shape index (κ1) is 13.6. The molecule has 0 radical (unpaired) electrons. The molecule has 100 valence electrons. The minimum absolute atomic E-state index is 0.488. The lowest BCUT2D eigenvalue weighted by Gasteiger charge is -2.33. The van der Waals surface area contributed by atoms with Crippen molar-refractivity contribution in [1.82, 2.24) is 5.32 Å². The summed E-state index contributed by atoms with van der Waals surface area (Å²) in [6.45, 7) is 7.01. The van der Waals surface area contributed by atoms with E-state index >= 15 is 0 Å². The van der Waals surface area contributed by atoms with Gasteiger partial charge in [0.05, 0.1) is 0 Å². The molecule has 1 aromatic carbocycles. The van der Waals surface area contributed by atoms with Crippen molar-refractivity contribution < 1.29 is 0 Å². The molecule has 1 N–H and O–H groups in total. The molecule has 0 aliphatic heterocycles. The van der Waals surface area contributed by atoms with Gasteiger partial charge in [-0.2, -0.15) is 0 Å². The molecule has 0 heterocycles. The monoisotopic (exact) mass is 245 g/mol. The van der Waals surface area contributed by atoms with Gasteiger partial charge in [-0.3, -0.25) is 0 Å². The first-order valence-corrected chi connectivity index (χ1v) is 7.41. The second kappa shape index (κ2) is 5.88. The zero-order valence-electron chi connectivity index (χ0n) is 12.2. The van der Waals surface area contributed by atoms with E-state index in [2.05, 4.69) is 57.4 Å². The molecular formula is C17H27N. The summed E-state index contributed by atoms with van der Waals surface area (Å²) < 4.78 is 0. The molecule has 1 heteroatoms. The predicted molar refractivity (Wildman–Crippen MR) is 78.8 cm³/mol. The fraction of sp³-hybridized carbons (Fsp3) is 0.647. The highest BCUT2D eigenvalue weighted by atomic mass is 14.9. The lowest BCUT2D eigenvalue weighted by atomic mass is 9.75. The standard InChI is InChI=1S/C17H27N/c1-12(2)13(3)17(18-4)16-11-6-5-10-15(16)14-8-7-9-14/h5-6,10-14,17-18H,7-9H2,1-4H3. The quantitative estimate of drug-likeness (QED) is 0.805. The van der Waals surface area contributed by atoms with E-state index in [4.69, 9.17) is 0 Å². The smallest absolute Gasteiger partial charge is 0.0348 e. The van der Waals surface area contributed by atoms with Crippen molar-refractivity contribution in [2.75, 3.05) is 7.05 Å². The highest BCUT2D eigenvalue weighted by Gasteiger charge is 2.27. The van der Waals surface area contributed by atoms with Crippen LogP contribution in [0.4, 0.5) is 0 Å². The van der Waals surface area contributed by atoms with Crippen molar-refractivity contribution in [3.63, 3.8) is 0 Å². The van der Waals surface area contributed by atoms with E-state index in [-0.39, 0.29) is 0 Å². The maximum Gasteiger partial charge on any atom is 0.0348 e. The molecule has 1 aliphatic carbocycles. The normalized spacial score (nSPS) is 19.6. The number of benzene rings is 1. The zero-order valence-corrected chi connectivity index (χ0v) is 12.2. The van der Waals surface area contributed by atoms with E-state index in [0.717, 1.165) is 5.92 Å². The van der Waals surface area contributed by atoms with Crippen LogP contribution in [0.25, 0.3) is 0 Å². The minimum atomic E-state index is 0.488. The number of nitrogens with one attached hydrogen (secondary N) is 1. The van der Waals surface area contributed by atoms with Gasteiger partial charge in [0, 0.05) is 6.04 Å². The van der Waals surface area contributed by atoms with E-state index in [9.17, 15) is 0 Å². The van der Waals surface area contributed by atoms with E-state index in [1.807, 2.05) is 0 Å². The van der Waals surface area contributed by atoms with Gasteiger partial charge < -0.3 is 5.32 Å². The van der Waals surface area contributed by atoms with Gasteiger partial charge in [0.25, 0.3) is 0 Å². The topological polar surface area (TPSA) is 12.0 Å². The SMILES string of the molecule is CNC(c1ccccc1C1CCC1)C(C)C(C)C. The molecule has 0 aromatic heterocycles. The van der Waals surface area contributed by atoms with Gasteiger partial charge in [0.1, 0.15) is 0 Å². The summed E-state index contributed by atoms with van der Waals surface area (Å²) >= 11 is 0. The zero-order chi connectivity index (χ0) is 13.1. The van der Waals surface area contributed by atoms with Crippen molar-refractivity contribution in [1.29, 1.82) is 0 Å². The van der Waals surface area contributed by atoms with Gasteiger partial charge in [-0.15, -0.1) is 0 Å². The van der Waals surface area contributed by atoms with E-state index in [0.29, 0.717) is 17.9 Å². The summed E-state index contributed by atoms with van der Waals surface area (Å²) in [4.78, 5) is 0. The third-order valence-electron chi connectivity index (χ3n) is 4.76. The highest BCUT2D eigenvalue weighted by Crippen LogP contribution is 2.41. The van der Waals surface area contributed by atoms with Crippen molar-refractivity contribution in [2.45, 2.75) is 52.0 Å². The van der Waals surface area contributed by atoms with Crippen molar-refractivity contribution in [2.24, 2.45) is 11.8 Å². The number of hydrogen-bond acceptors (Lipinski definition) is 1.